The van der Waals surface area contributed by atoms with Crippen LogP contribution in [0.25, 0.3) is 11.3 Å². The van der Waals surface area contributed by atoms with Gasteiger partial charge in [0.1, 0.15) is 0 Å². The van der Waals surface area contributed by atoms with E-state index in [0.717, 1.165) is 48.6 Å². The fraction of sp³-hybridized carbons (Fsp3) is 0.375. The molecular weight excluding hydrogens is 284 g/mol. The van der Waals surface area contributed by atoms with E-state index >= 15 is 0 Å². The molecule has 0 amide bonds. The highest BCUT2D eigenvalue weighted by molar-refractivity contribution is 7.17. The van der Waals surface area contributed by atoms with E-state index in [0.29, 0.717) is 11.0 Å². The molecule has 0 unspecified atom stereocenters. The number of aldehydes is 1. The molecule has 0 aliphatic carbocycles. The summed E-state index contributed by atoms with van der Waals surface area (Å²) < 4.78 is 5.39. The molecule has 1 aliphatic heterocycles. The molecule has 4 nitrogen and oxygen atoms in total. The summed E-state index contributed by atoms with van der Waals surface area (Å²) in [5, 5.41) is 0.936. The van der Waals surface area contributed by atoms with E-state index in [4.69, 9.17) is 9.72 Å². The number of piperidine rings is 1. The Morgan fingerprint density at radius 1 is 1.29 bits per heavy atom. The van der Waals surface area contributed by atoms with Gasteiger partial charge in [-0.15, -0.1) is 0 Å². The maximum absolute atomic E-state index is 11.3. The second-order valence-corrected chi connectivity index (χ2v) is 6.12. The maximum atomic E-state index is 11.3. The second-order valence-electron chi connectivity index (χ2n) is 5.12. The minimum Gasteiger partial charge on any atom is -0.381 e. The highest BCUT2D eigenvalue weighted by atomic mass is 32.1. The lowest BCUT2D eigenvalue weighted by Gasteiger charge is -2.30. The van der Waals surface area contributed by atoms with Crippen molar-refractivity contribution in [2.75, 3.05) is 25.1 Å². The Labute approximate surface area is 128 Å². The molecule has 0 atom stereocenters. The first-order chi connectivity index (χ1) is 10.3. The topological polar surface area (TPSA) is 42.4 Å². The Morgan fingerprint density at radius 2 is 2.00 bits per heavy atom. The molecule has 21 heavy (non-hydrogen) atoms. The van der Waals surface area contributed by atoms with Crippen molar-refractivity contribution in [1.29, 1.82) is 0 Å². The molecule has 1 aromatic carbocycles. The molecule has 2 heterocycles. The Morgan fingerprint density at radius 3 is 2.62 bits per heavy atom. The molecule has 0 spiro atoms. The van der Waals surface area contributed by atoms with Gasteiger partial charge >= 0.3 is 0 Å². The molecule has 0 radical (unpaired) electrons. The SMILES string of the molecule is COC1CCN(c2nc(-c3ccccc3)c(C=O)s2)CC1. The van der Waals surface area contributed by atoms with Crippen LogP contribution >= 0.6 is 11.3 Å². The van der Waals surface area contributed by atoms with Gasteiger partial charge in [-0.2, -0.15) is 0 Å². The van der Waals surface area contributed by atoms with Crippen molar-refractivity contribution < 1.29 is 9.53 Å². The van der Waals surface area contributed by atoms with E-state index in [2.05, 4.69) is 4.90 Å². The van der Waals surface area contributed by atoms with E-state index in [1.807, 2.05) is 30.3 Å². The third-order valence-electron chi connectivity index (χ3n) is 3.84. The summed E-state index contributed by atoms with van der Waals surface area (Å²) in [7, 11) is 1.77. The van der Waals surface area contributed by atoms with Gasteiger partial charge in [-0.3, -0.25) is 4.79 Å². The molecule has 0 saturated carbocycles. The molecule has 2 aromatic rings. The quantitative estimate of drug-likeness (QED) is 0.813. The van der Waals surface area contributed by atoms with Gasteiger partial charge in [-0.25, -0.2) is 4.98 Å². The van der Waals surface area contributed by atoms with Crippen molar-refractivity contribution in [2.45, 2.75) is 18.9 Å². The lowest BCUT2D eigenvalue weighted by Crippen LogP contribution is -2.36. The molecule has 1 aromatic heterocycles. The average molecular weight is 302 g/mol. The Kier molecular flexibility index (Phi) is 4.31. The van der Waals surface area contributed by atoms with Crippen molar-refractivity contribution in [1.82, 2.24) is 4.98 Å². The summed E-state index contributed by atoms with van der Waals surface area (Å²) >= 11 is 1.48. The molecule has 1 saturated heterocycles. The summed E-state index contributed by atoms with van der Waals surface area (Å²) in [4.78, 5) is 19.0. The number of rotatable bonds is 4. The van der Waals surface area contributed by atoms with Crippen LogP contribution in [-0.2, 0) is 4.74 Å². The van der Waals surface area contributed by atoms with Crippen LogP contribution in [0.2, 0.25) is 0 Å². The number of carbonyl (C=O) groups is 1. The van der Waals surface area contributed by atoms with Gasteiger partial charge in [0.2, 0.25) is 0 Å². The molecule has 110 valence electrons. The first-order valence-electron chi connectivity index (χ1n) is 7.11. The predicted octanol–water partition coefficient (Wildman–Crippen LogP) is 3.24. The van der Waals surface area contributed by atoms with Gasteiger partial charge in [0.25, 0.3) is 0 Å². The number of methoxy groups -OCH3 is 1. The number of benzene rings is 1. The molecule has 0 N–H and O–H groups in total. The van der Waals surface area contributed by atoms with E-state index in [1.54, 1.807) is 7.11 Å². The maximum Gasteiger partial charge on any atom is 0.186 e. The van der Waals surface area contributed by atoms with E-state index in [9.17, 15) is 4.79 Å². The second kappa shape index (κ2) is 6.37. The third kappa shape index (κ3) is 2.99. The van der Waals surface area contributed by atoms with E-state index in [1.165, 1.54) is 11.3 Å². The molecule has 0 bridgehead atoms. The van der Waals surface area contributed by atoms with E-state index < -0.39 is 0 Å². The van der Waals surface area contributed by atoms with E-state index in [-0.39, 0.29) is 0 Å². The Balaban J connectivity index is 1.85. The Bertz CT molecular complexity index is 604. The molecule has 5 heteroatoms. The van der Waals surface area contributed by atoms with Crippen LogP contribution in [0.15, 0.2) is 30.3 Å². The van der Waals surface area contributed by atoms with Crippen LogP contribution in [0.4, 0.5) is 5.13 Å². The summed E-state index contributed by atoms with van der Waals surface area (Å²) in [6.45, 7) is 1.86. The lowest BCUT2D eigenvalue weighted by molar-refractivity contribution is 0.0819. The van der Waals surface area contributed by atoms with Crippen LogP contribution in [0.3, 0.4) is 0 Å². The number of hydrogen-bond donors (Lipinski definition) is 0. The molecular formula is C16H18N2O2S. The van der Waals surface area contributed by atoms with Crippen molar-refractivity contribution >= 4 is 22.8 Å². The van der Waals surface area contributed by atoms with Gasteiger partial charge < -0.3 is 9.64 Å². The zero-order valence-electron chi connectivity index (χ0n) is 12.0. The number of nitrogens with zero attached hydrogens (tertiary/aromatic N) is 2. The number of anilines is 1. The summed E-state index contributed by atoms with van der Waals surface area (Å²) in [5.74, 6) is 0. The van der Waals surface area contributed by atoms with Crippen LogP contribution in [0.5, 0.6) is 0 Å². The van der Waals surface area contributed by atoms with Gasteiger partial charge in [0.15, 0.2) is 11.4 Å². The van der Waals surface area contributed by atoms with Crippen molar-refractivity contribution in [2.24, 2.45) is 0 Å². The van der Waals surface area contributed by atoms with Crippen LogP contribution in [-0.4, -0.2) is 37.6 Å². The van der Waals surface area contributed by atoms with Gasteiger partial charge in [-0.05, 0) is 12.8 Å². The predicted molar refractivity (Wildman–Crippen MR) is 85.2 cm³/mol. The molecule has 3 rings (SSSR count). The van der Waals surface area contributed by atoms with Gasteiger partial charge in [-0.1, -0.05) is 41.7 Å². The largest absolute Gasteiger partial charge is 0.381 e. The highest BCUT2D eigenvalue weighted by Crippen LogP contribution is 2.33. The summed E-state index contributed by atoms with van der Waals surface area (Å²) in [6.07, 6.45) is 3.27. The van der Waals surface area contributed by atoms with Gasteiger partial charge in [0, 0.05) is 25.8 Å². The fourth-order valence-electron chi connectivity index (χ4n) is 2.62. The smallest absolute Gasteiger partial charge is 0.186 e. The first-order valence-corrected chi connectivity index (χ1v) is 7.92. The number of hydrogen-bond acceptors (Lipinski definition) is 5. The molecule has 1 aliphatic rings. The monoisotopic (exact) mass is 302 g/mol. The summed E-state index contributed by atoms with van der Waals surface area (Å²) in [6, 6.07) is 9.87. The minimum atomic E-state index is 0.348. The van der Waals surface area contributed by atoms with Crippen LogP contribution in [0, 0.1) is 0 Å². The Hall–Kier alpha value is -1.72. The molecule has 1 fully saturated rings. The normalized spacial score (nSPS) is 16.1. The third-order valence-corrected chi connectivity index (χ3v) is 4.88. The first kappa shape index (κ1) is 14.2. The van der Waals surface area contributed by atoms with Gasteiger partial charge in [0.05, 0.1) is 16.7 Å². The number of thiazole rings is 1. The van der Waals surface area contributed by atoms with Crippen molar-refractivity contribution in [3.05, 3.63) is 35.2 Å². The zero-order valence-corrected chi connectivity index (χ0v) is 12.8. The van der Waals surface area contributed by atoms with Crippen LogP contribution < -0.4 is 4.90 Å². The fourth-order valence-corrected chi connectivity index (χ4v) is 3.57. The van der Waals surface area contributed by atoms with Crippen molar-refractivity contribution in [3.63, 3.8) is 0 Å². The highest BCUT2D eigenvalue weighted by Gasteiger charge is 2.22. The standard InChI is InChI=1S/C16H18N2O2S/c1-20-13-7-9-18(10-8-13)16-17-15(14(11-19)21-16)12-5-3-2-4-6-12/h2-6,11,13H,7-10H2,1H3. The summed E-state index contributed by atoms with van der Waals surface area (Å²) in [5.41, 5.74) is 1.79. The van der Waals surface area contributed by atoms with Crippen molar-refractivity contribution in [3.8, 4) is 11.3 Å². The lowest BCUT2D eigenvalue weighted by atomic mass is 10.1. The number of aromatic nitrogens is 1. The van der Waals surface area contributed by atoms with Crippen LogP contribution in [0.1, 0.15) is 22.5 Å². The zero-order chi connectivity index (χ0) is 14.7. The average Bonchev–Trinajstić information content (AvgIpc) is 3.00. The minimum absolute atomic E-state index is 0.348. The number of ether oxygens (including phenoxy) is 1. The number of carbonyl (C=O) groups excluding carboxylic acids is 1.